The average Bonchev–Trinajstić information content (AvgIpc) is 3.38. The van der Waals surface area contributed by atoms with Crippen LogP contribution in [-0.4, -0.2) is 31.6 Å². The van der Waals surface area contributed by atoms with Gasteiger partial charge in [0.05, 0.1) is 6.04 Å². The maximum Gasteiger partial charge on any atom is 0.279 e. The number of halogens is 1. The summed E-state index contributed by atoms with van der Waals surface area (Å²) in [5, 5.41) is 3.00. The molecule has 5 heteroatoms. The lowest BCUT2D eigenvalue weighted by Crippen LogP contribution is -3.13. The zero-order valence-electron chi connectivity index (χ0n) is 15.6. The first-order valence-corrected chi connectivity index (χ1v) is 9.92. The van der Waals surface area contributed by atoms with Gasteiger partial charge in [0.25, 0.3) is 5.91 Å². The second-order valence-electron chi connectivity index (χ2n) is 7.67. The molecule has 1 atom stereocenters. The third-order valence-corrected chi connectivity index (χ3v) is 5.54. The predicted molar refractivity (Wildman–Crippen MR) is 105 cm³/mol. The first-order valence-electron chi connectivity index (χ1n) is 9.92. The molecule has 1 amide bonds. The number of quaternary nitrogens is 1. The van der Waals surface area contributed by atoms with Crippen LogP contribution in [0.5, 0.6) is 0 Å². The summed E-state index contributed by atoms with van der Waals surface area (Å²) >= 11 is 0. The Morgan fingerprint density at radius 2 is 1.78 bits per heavy atom. The van der Waals surface area contributed by atoms with Crippen molar-refractivity contribution in [1.29, 1.82) is 0 Å². The Morgan fingerprint density at radius 1 is 1.07 bits per heavy atom. The third-order valence-electron chi connectivity index (χ3n) is 5.54. The minimum absolute atomic E-state index is 0.0119. The van der Waals surface area contributed by atoms with Gasteiger partial charge in [-0.3, -0.25) is 4.79 Å². The van der Waals surface area contributed by atoms with E-state index in [1.165, 1.54) is 24.6 Å². The highest BCUT2D eigenvalue weighted by Crippen LogP contribution is 2.22. The van der Waals surface area contributed by atoms with Crippen molar-refractivity contribution in [1.82, 2.24) is 0 Å². The van der Waals surface area contributed by atoms with Crippen molar-refractivity contribution >= 4 is 17.3 Å². The summed E-state index contributed by atoms with van der Waals surface area (Å²) in [6, 6.07) is 15.4. The molecule has 4 nitrogen and oxygen atoms in total. The van der Waals surface area contributed by atoms with Crippen LogP contribution in [0.15, 0.2) is 48.5 Å². The molecule has 2 aliphatic rings. The van der Waals surface area contributed by atoms with Gasteiger partial charge in [-0.1, -0.05) is 18.2 Å². The number of nitrogens with zero attached hydrogens (tertiary/aromatic N) is 1. The van der Waals surface area contributed by atoms with Crippen LogP contribution < -0.4 is 15.1 Å². The lowest BCUT2D eigenvalue weighted by Gasteiger charge is -2.20. The van der Waals surface area contributed by atoms with E-state index in [9.17, 15) is 9.18 Å². The zero-order valence-corrected chi connectivity index (χ0v) is 15.6. The third kappa shape index (κ3) is 4.66. The van der Waals surface area contributed by atoms with Gasteiger partial charge in [0.2, 0.25) is 0 Å². The second-order valence-corrected chi connectivity index (χ2v) is 7.67. The van der Waals surface area contributed by atoms with E-state index in [2.05, 4.69) is 22.3 Å². The monoisotopic (exact) mass is 368 g/mol. The van der Waals surface area contributed by atoms with Crippen LogP contribution in [0.2, 0.25) is 0 Å². The number of hydrogen-bond donors (Lipinski definition) is 2. The molecule has 27 heavy (non-hydrogen) atoms. The Kier molecular flexibility index (Phi) is 5.39. The van der Waals surface area contributed by atoms with Gasteiger partial charge in [-0.05, 0) is 43.2 Å². The Hall–Kier alpha value is -2.40. The van der Waals surface area contributed by atoms with Crippen molar-refractivity contribution in [3.63, 3.8) is 0 Å². The lowest BCUT2D eigenvalue weighted by molar-refractivity contribution is -0.917. The predicted octanol–water partition coefficient (Wildman–Crippen LogP) is 2.61. The van der Waals surface area contributed by atoms with Crippen LogP contribution in [0.25, 0.3) is 0 Å². The van der Waals surface area contributed by atoms with Gasteiger partial charge in [0, 0.05) is 42.9 Å². The standard InChI is InChI=1S/C22H26FN3O/c23-21-6-2-1-5-17(21)15-26(20-11-12-20)16-22(27)24-18-7-9-19(10-8-18)25-13-3-4-14-25/h1-2,5-10,20H,3-4,11-16H2,(H,24,27)/p+1. The normalized spacial score (nSPS) is 17.7. The summed E-state index contributed by atoms with van der Waals surface area (Å²) in [5.74, 6) is -0.198. The van der Waals surface area contributed by atoms with Gasteiger partial charge in [-0.25, -0.2) is 4.39 Å². The highest BCUT2D eigenvalue weighted by molar-refractivity contribution is 5.91. The van der Waals surface area contributed by atoms with E-state index in [0.717, 1.165) is 36.5 Å². The molecule has 2 fully saturated rings. The molecule has 1 unspecified atom stereocenters. The fraction of sp³-hybridized carbons (Fsp3) is 0.409. The first kappa shape index (κ1) is 18.0. The van der Waals surface area contributed by atoms with E-state index in [4.69, 9.17) is 0 Å². The van der Waals surface area contributed by atoms with Crippen molar-refractivity contribution in [3.8, 4) is 0 Å². The topological polar surface area (TPSA) is 36.8 Å². The molecule has 4 rings (SSSR count). The average molecular weight is 368 g/mol. The smallest absolute Gasteiger partial charge is 0.279 e. The molecule has 0 spiro atoms. The van der Waals surface area contributed by atoms with Gasteiger partial charge >= 0.3 is 0 Å². The number of benzene rings is 2. The first-order chi connectivity index (χ1) is 13.2. The quantitative estimate of drug-likeness (QED) is 0.788. The summed E-state index contributed by atoms with van der Waals surface area (Å²) < 4.78 is 14.0. The Bertz CT molecular complexity index is 782. The van der Waals surface area contributed by atoms with Gasteiger partial charge in [-0.15, -0.1) is 0 Å². The number of nitrogens with one attached hydrogen (secondary N) is 2. The van der Waals surface area contributed by atoms with Crippen LogP contribution >= 0.6 is 0 Å². The lowest BCUT2D eigenvalue weighted by atomic mass is 10.2. The maximum atomic E-state index is 14.0. The van der Waals surface area contributed by atoms with Crippen LogP contribution in [0.1, 0.15) is 31.2 Å². The van der Waals surface area contributed by atoms with E-state index in [1.54, 1.807) is 6.07 Å². The Balaban J connectivity index is 1.35. The SMILES string of the molecule is O=C(C[NH+](Cc1ccccc1F)C1CC1)Nc1ccc(N2CCCC2)cc1. The molecule has 1 aliphatic carbocycles. The highest BCUT2D eigenvalue weighted by atomic mass is 19.1. The van der Waals surface area contributed by atoms with E-state index >= 15 is 0 Å². The summed E-state index contributed by atoms with van der Waals surface area (Å²) in [5.41, 5.74) is 2.72. The molecule has 1 aliphatic heterocycles. The highest BCUT2D eigenvalue weighted by Gasteiger charge is 2.35. The number of amides is 1. The van der Waals surface area contributed by atoms with Crippen LogP contribution in [-0.2, 0) is 11.3 Å². The van der Waals surface area contributed by atoms with Crippen molar-refractivity contribution < 1.29 is 14.1 Å². The molecular weight excluding hydrogens is 341 g/mol. The van der Waals surface area contributed by atoms with Gasteiger partial charge in [-0.2, -0.15) is 0 Å². The van der Waals surface area contributed by atoms with Gasteiger partial charge in [0.1, 0.15) is 12.4 Å². The van der Waals surface area contributed by atoms with Crippen molar-refractivity contribution in [2.24, 2.45) is 0 Å². The molecule has 1 saturated carbocycles. The zero-order chi connectivity index (χ0) is 18.6. The van der Waals surface area contributed by atoms with E-state index in [1.807, 2.05) is 24.3 Å². The molecule has 0 bridgehead atoms. The van der Waals surface area contributed by atoms with Crippen LogP contribution in [0.4, 0.5) is 15.8 Å². The molecule has 2 N–H and O–H groups in total. The largest absolute Gasteiger partial charge is 0.372 e. The molecule has 2 aromatic carbocycles. The number of carbonyl (C=O) groups excluding carboxylic acids is 1. The molecule has 142 valence electrons. The van der Waals surface area contributed by atoms with Crippen LogP contribution in [0, 0.1) is 5.82 Å². The Morgan fingerprint density at radius 3 is 2.44 bits per heavy atom. The Labute approximate surface area is 160 Å². The molecule has 1 heterocycles. The van der Waals surface area contributed by atoms with E-state index in [0.29, 0.717) is 24.7 Å². The molecule has 1 saturated heterocycles. The molecular formula is C22H27FN3O+. The van der Waals surface area contributed by atoms with Gasteiger partial charge < -0.3 is 15.1 Å². The van der Waals surface area contributed by atoms with Gasteiger partial charge in [0.15, 0.2) is 6.54 Å². The second kappa shape index (κ2) is 8.09. The summed E-state index contributed by atoms with van der Waals surface area (Å²) in [7, 11) is 0. The minimum atomic E-state index is -0.187. The summed E-state index contributed by atoms with van der Waals surface area (Å²) in [6.45, 7) is 3.15. The summed E-state index contributed by atoms with van der Waals surface area (Å²) in [4.78, 5) is 16.1. The fourth-order valence-corrected chi connectivity index (χ4v) is 3.87. The molecule has 0 aromatic heterocycles. The molecule has 2 aromatic rings. The van der Waals surface area contributed by atoms with Crippen molar-refractivity contribution in [3.05, 3.63) is 59.9 Å². The number of anilines is 2. The maximum absolute atomic E-state index is 14.0. The van der Waals surface area contributed by atoms with E-state index < -0.39 is 0 Å². The summed E-state index contributed by atoms with van der Waals surface area (Å²) in [6.07, 6.45) is 4.73. The van der Waals surface area contributed by atoms with Crippen LogP contribution in [0.3, 0.4) is 0 Å². The fourth-order valence-electron chi connectivity index (χ4n) is 3.87. The van der Waals surface area contributed by atoms with E-state index in [-0.39, 0.29) is 11.7 Å². The number of carbonyl (C=O) groups is 1. The van der Waals surface area contributed by atoms with Crippen molar-refractivity contribution in [2.75, 3.05) is 29.9 Å². The minimum Gasteiger partial charge on any atom is -0.372 e. The number of hydrogen-bond acceptors (Lipinski definition) is 2. The van der Waals surface area contributed by atoms with Crippen molar-refractivity contribution in [2.45, 2.75) is 38.3 Å². The molecule has 0 radical (unpaired) electrons. The number of rotatable bonds is 7.